The van der Waals surface area contributed by atoms with Crippen LogP contribution in [-0.4, -0.2) is 80.0 Å². The van der Waals surface area contributed by atoms with Gasteiger partial charge in [-0.05, 0) is 6.42 Å². The zero-order valence-electron chi connectivity index (χ0n) is 14.3. The first kappa shape index (κ1) is 22.2. The van der Waals surface area contributed by atoms with Gasteiger partial charge in [0.25, 0.3) is 11.8 Å². The van der Waals surface area contributed by atoms with E-state index in [1.165, 1.54) is 19.3 Å². The largest absolute Gasteiger partial charge is 0.390 e. The van der Waals surface area contributed by atoms with E-state index in [4.69, 9.17) is 9.47 Å². The third-order valence-corrected chi connectivity index (χ3v) is 4.26. The quantitative estimate of drug-likeness (QED) is 0.429. The van der Waals surface area contributed by atoms with Gasteiger partial charge in [0.1, 0.15) is 6.10 Å². The summed E-state index contributed by atoms with van der Waals surface area (Å²) in [6.45, 7) is 0.623. The van der Waals surface area contributed by atoms with Crippen LogP contribution in [0.25, 0.3) is 0 Å². The molecule has 0 aromatic heterocycles. The molecule has 2 aliphatic rings. The van der Waals surface area contributed by atoms with Gasteiger partial charge >= 0.3 is 6.03 Å². The van der Waals surface area contributed by atoms with Crippen LogP contribution in [0.3, 0.4) is 0 Å². The number of nitrogens with zero attached hydrogens (tertiary/aromatic N) is 1. The first-order valence-electron chi connectivity index (χ1n) is 7.75. The minimum atomic E-state index is -0.717. The monoisotopic (exact) mass is 430 g/mol. The Kier molecular flexibility index (Phi) is 9.16. The van der Waals surface area contributed by atoms with Gasteiger partial charge in [-0.2, -0.15) is 0 Å². The number of nitrogens with one attached hydrogen (secondary N) is 2. The van der Waals surface area contributed by atoms with Crippen LogP contribution in [0, 0.1) is 5.92 Å². The summed E-state index contributed by atoms with van der Waals surface area (Å²) in [4.78, 5) is 35.8. The SMILES string of the molecule is COC[C@H]1C[C@H](NC(=O)NCCN2C(=O)C=CC2=O)[C@@H](OC)C1O.[Y]. The number of carbonyl (C=O) groups excluding carboxylic acids is 3. The molecule has 2 rings (SSSR count). The minimum Gasteiger partial charge on any atom is -0.390 e. The Morgan fingerprint density at radius 3 is 2.52 bits per heavy atom. The predicted octanol–water partition coefficient (Wildman–Crippen LogP) is -1.38. The molecular formula is C15H23N3O6Y. The number of carbonyl (C=O) groups is 3. The van der Waals surface area contributed by atoms with Crippen molar-refractivity contribution in [2.75, 3.05) is 33.9 Å². The number of methoxy groups -OCH3 is 2. The van der Waals surface area contributed by atoms with Crippen molar-refractivity contribution in [2.24, 2.45) is 5.92 Å². The van der Waals surface area contributed by atoms with E-state index < -0.39 is 18.2 Å². The van der Waals surface area contributed by atoms with E-state index >= 15 is 0 Å². The zero-order chi connectivity index (χ0) is 17.7. The molecule has 9 nitrogen and oxygen atoms in total. The first-order valence-corrected chi connectivity index (χ1v) is 7.75. The maximum atomic E-state index is 12.0. The average Bonchev–Trinajstić information content (AvgIpc) is 3.01. The number of imide groups is 1. The van der Waals surface area contributed by atoms with E-state index in [0.717, 1.165) is 4.90 Å². The molecule has 1 radical (unpaired) electrons. The number of hydrogen-bond acceptors (Lipinski definition) is 6. The van der Waals surface area contributed by atoms with Crippen LogP contribution in [0.5, 0.6) is 0 Å². The van der Waals surface area contributed by atoms with Crippen molar-refractivity contribution < 1.29 is 61.7 Å². The normalized spacial score (nSPS) is 28.2. The third-order valence-electron chi connectivity index (χ3n) is 4.26. The molecule has 4 atom stereocenters. The molecule has 0 aromatic carbocycles. The number of urea groups is 1. The van der Waals surface area contributed by atoms with Gasteiger partial charge in [0.2, 0.25) is 0 Å². The van der Waals surface area contributed by atoms with Crippen molar-refractivity contribution in [1.82, 2.24) is 15.5 Å². The average molecular weight is 430 g/mol. The second-order valence-corrected chi connectivity index (χ2v) is 5.81. The van der Waals surface area contributed by atoms with Gasteiger partial charge in [0, 0.05) is 78.1 Å². The third kappa shape index (κ3) is 5.55. The van der Waals surface area contributed by atoms with E-state index in [9.17, 15) is 19.5 Å². The molecule has 137 valence electrons. The molecule has 1 heterocycles. The van der Waals surface area contributed by atoms with Gasteiger partial charge in [0.15, 0.2) is 0 Å². The molecule has 3 N–H and O–H groups in total. The number of rotatable bonds is 7. The molecule has 1 saturated carbocycles. The fourth-order valence-corrected chi connectivity index (χ4v) is 3.08. The predicted molar refractivity (Wildman–Crippen MR) is 83.0 cm³/mol. The van der Waals surface area contributed by atoms with Crippen molar-refractivity contribution in [3.05, 3.63) is 12.2 Å². The van der Waals surface area contributed by atoms with Crippen molar-refractivity contribution in [2.45, 2.75) is 24.7 Å². The van der Waals surface area contributed by atoms with Crippen LogP contribution < -0.4 is 10.6 Å². The maximum Gasteiger partial charge on any atom is 0.315 e. The maximum absolute atomic E-state index is 12.0. The van der Waals surface area contributed by atoms with Gasteiger partial charge < -0.3 is 25.2 Å². The molecule has 0 spiro atoms. The smallest absolute Gasteiger partial charge is 0.315 e. The van der Waals surface area contributed by atoms with Crippen LogP contribution in [0.4, 0.5) is 4.79 Å². The van der Waals surface area contributed by atoms with Crippen molar-refractivity contribution >= 4 is 17.8 Å². The van der Waals surface area contributed by atoms with Crippen molar-refractivity contribution in [1.29, 1.82) is 0 Å². The molecule has 0 saturated heterocycles. The Balaban J connectivity index is 0.00000312. The number of amides is 4. The Labute approximate surface area is 171 Å². The molecule has 4 amide bonds. The van der Waals surface area contributed by atoms with Crippen molar-refractivity contribution in [3.63, 3.8) is 0 Å². The fourth-order valence-electron chi connectivity index (χ4n) is 3.08. The van der Waals surface area contributed by atoms with E-state index in [1.54, 1.807) is 7.11 Å². The van der Waals surface area contributed by atoms with Gasteiger partial charge in [-0.15, -0.1) is 0 Å². The zero-order valence-corrected chi connectivity index (χ0v) is 17.1. The second-order valence-electron chi connectivity index (χ2n) is 5.81. The van der Waals surface area contributed by atoms with E-state index in [2.05, 4.69) is 10.6 Å². The van der Waals surface area contributed by atoms with Gasteiger partial charge in [-0.3, -0.25) is 14.5 Å². The summed E-state index contributed by atoms with van der Waals surface area (Å²) in [7, 11) is 3.03. The summed E-state index contributed by atoms with van der Waals surface area (Å²) in [6.07, 6.45) is 1.70. The van der Waals surface area contributed by atoms with E-state index in [1.807, 2.05) is 0 Å². The molecule has 1 aliphatic carbocycles. The summed E-state index contributed by atoms with van der Waals surface area (Å²) >= 11 is 0. The molecular weight excluding hydrogens is 407 g/mol. The Bertz CT molecular complexity index is 511. The summed E-state index contributed by atoms with van der Waals surface area (Å²) in [5.41, 5.74) is 0. The number of aliphatic hydroxyl groups excluding tert-OH is 1. The van der Waals surface area contributed by atoms with Gasteiger partial charge in [-0.1, -0.05) is 0 Å². The molecule has 1 aliphatic heterocycles. The van der Waals surface area contributed by atoms with Crippen LogP contribution in [0.15, 0.2) is 12.2 Å². The standard InChI is InChI=1S/C15H23N3O6.Y/c1-23-8-9-7-10(14(24-2)13(9)21)17-15(22)16-5-6-18-11(19)3-4-12(18)20;/h3-4,9-10,13-14,21H,5-8H2,1-2H3,(H2,16,17,22);/t9-,10+,13?,14-;/m1./s1. The van der Waals surface area contributed by atoms with Crippen molar-refractivity contribution in [3.8, 4) is 0 Å². The van der Waals surface area contributed by atoms with Crippen LogP contribution in [0.2, 0.25) is 0 Å². The second kappa shape index (κ2) is 10.3. The first-order chi connectivity index (χ1) is 11.5. The molecule has 1 fully saturated rings. The van der Waals surface area contributed by atoms with E-state index in [-0.39, 0.29) is 69.6 Å². The molecule has 0 bridgehead atoms. The number of aliphatic hydroxyl groups is 1. The summed E-state index contributed by atoms with van der Waals surface area (Å²) < 4.78 is 10.3. The summed E-state index contributed by atoms with van der Waals surface area (Å²) in [5, 5.41) is 15.5. The summed E-state index contributed by atoms with van der Waals surface area (Å²) in [5.74, 6) is -0.887. The molecule has 1 unspecified atom stereocenters. The Morgan fingerprint density at radius 1 is 1.32 bits per heavy atom. The Hall–Kier alpha value is -0.866. The van der Waals surface area contributed by atoms with Crippen LogP contribution in [0.1, 0.15) is 6.42 Å². The van der Waals surface area contributed by atoms with Gasteiger partial charge in [-0.25, -0.2) is 4.79 Å². The number of ether oxygens (including phenoxy) is 2. The molecule has 25 heavy (non-hydrogen) atoms. The van der Waals surface area contributed by atoms with E-state index in [0.29, 0.717) is 13.0 Å². The topological polar surface area (TPSA) is 117 Å². The Morgan fingerprint density at radius 2 is 1.96 bits per heavy atom. The van der Waals surface area contributed by atoms with Gasteiger partial charge in [0.05, 0.1) is 18.8 Å². The minimum absolute atomic E-state index is 0. The van der Waals surface area contributed by atoms with Crippen LogP contribution in [-0.2, 0) is 51.8 Å². The molecule has 0 aromatic rings. The molecule has 10 heteroatoms. The summed E-state index contributed by atoms with van der Waals surface area (Å²) in [6, 6.07) is -0.791. The fraction of sp³-hybridized carbons (Fsp3) is 0.667. The number of hydrogen-bond donors (Lipinski definition) is 3. The van der Waals surface area contributed by atoms with Crippen LogP contribution >= 0.6 is 0 Å².